The van der Waals surface area contributed by atoms with E-state index in [0.717, 1.165) is 11.3 Å². The lowest BCUT2D eigenvalue weighted by molar-refractivity contribution is 0.602. The fourth-order valence-electron chi connectivity index (χ4n) is 1.81. The molecule has 0 N–H and O–H groups in total. The maximum Gasteiger partial charge on any atom is 0.176 e. The molecular formula is C13H13NO2S. The Labute approximate surface area is 101 Å². The Bertz CT molecular complexity index is 634. The van der Waals surface area contributed by atoms with Gasteiger partial charge in [-0.1, -0.05) is 30.3 Å². The molecule has 17 heavy (non-hydrogen) atoms. The molecule has 0 saturated carbocycles. The van der Waals surface area contributed by atoms with E-state index in [1.54, 1.807) is 6.07 Å². The van der Waals surface area contributed by atoms with Gasteiger partial charge in [0.2, 0.25) is 0 Å². The Hall–Kier alpha value is -1.68. The van der Waals surface area contributed by atoms with Crippen molar-refractivity contribution in [2.75, 3.05) is 6.26 Å². The SMILES string of the molecule is Cc1nccc(S(C)(=O)=O)c1-c1ccccc1. The van der Waals surface area contributed by atoms with Crippen LogP contribution in [0.25, 0.3) is 11.1 Å². The topological polar surface area (TPSA) is 47.0 Å². The van der Waals surface area contributed by atoms with Gasteiger partial charge in [-0.3, -0.25) is 4.98 Å². The highest BCUT2D eigenvalue weighted by Crippen LogP contribution is 2.28. The summed E-state index contributed by atoms with van der Waals surface area (Å²) in [5.74, 6) is 0. The van der Waals surface area contributed by atoms with Gasteiger partial charge in [0.15, 0.2) is 9.84 Å². The van der Waals surface area contributed by atoms with Gasteiger partial charge in [0, 0.05) is 23.7 Å². The van der Waals surface area contributed by atoms with Crippen molar-refractivity contribution in [1.29, 1.82) is 0 Å². The predicted molar refractivity (Wildman–Crippen MR) is 67.5 cm³/mol. The molecule has 3 nitrogen and oxygen atoms in total. The average Bonchev–Trinajstić information content (AvgIpc) is 2.28. The van der Waals surface area contributed by atoms with E-state index in [0.29, 0.717) is 10.5 Å². The Morgan fingerprint density at radius 1 is 1.06 bits per heavy atom. The summed E-state index contributed by atoms with van der Waals surface area (Å²) in [6.07, 6.45) is 2.74. The number of nitrogens with zero attached hydrogens (tertiary/aromatic N) is 1. The Morgan fingerprint density at radius 2 is 1.71 bits per heavy atom. The summed E-state index contributed by atoms with van der Waals surface area (Å²) in [4.78, 5) is 4.50. The number of hydrogen-bond donors (Lipinski definition) is 0. The Kier molecular flexibility index (Phi) is 2.98. The summed E-state index contributed by atoms with van der Waals surface area (Å²) in [7, 11) is -3.24. The summed E-state index contributed by atoms with van der Waals surface area (Å²) in [5, 5.41) is 0. The van der Waals surface area contributed by atoms with E-state index >= 15 is 0 Å². The van der Waals surface area contributed by atoms with Gasteiger partial charge in [-0.2, -0.15) is 0 Å². The third-order valence-corrected chi connectivity index (χ3v) is 3.70. The average molecular weight is 247 g/mol. The molecule has 0 aliphatic rings. The smallest absolute Gasteiger partial charge is 0.176 e. The molecule has 0 aliphatic heterocycles. The van der Waals surface area contributed by atoms with Gasteiger partial charge in [0.25, 0.3) is 0 Å². The number of aryl methyl sites for hydroxylation is 1. The lowest BCUT2D eigenvalue weighted by atomic mass is 10.0. The van der Waals surface area contributed by atoms with Crippen molar-refractivity contribution in [2.24, 2.45) is 0 Å². The summed E-state index contributed by atoms with van der Waals surface area (Å²) in [5.41, 5.74) is 2.29. The van der Waals surface area contributed by atoms with Crippen molar-refractivity contribution >= 4 is 9.84 Å². The minimum atomic E-state index is -3.24. The van der Waals surface area contributed by atoms with Crippen LogP contribution in [0.3, 0.4) is 0 Å². The number of rotatable bonds is 2. The first kappa shape index (κ1) is 11.8. The first-order chi connectivity index (χ1) is 8.00. The third kappa shape index (κ3) is 2.36. The van der Waals surface area contributed by atoms with Crippen molar-refractivity contribution in [1.82, 2.24) is 4.98 Å². The van der Waals surface area contributed by atoms with E-state index < -0.39 is 9.84 Å². The number of aromatic nitrogens is 1. The maximum atomic E-state index is 11.8. The molecule has 2 rings (SSSR count). The van der Waals surface area contributed by atoms with Gasteiger partial charge < -0.3 is 0 Å². The van der Waals surface area contributed by atoms with Crippen LogP contribution in [0.5, 0.6) is 0 Å². The van der Waals surface area contributed by atoms with E-state index in [-0.39, 0.29) is 0 Å². The number of hydrogen-bond acceptors (Lipinski definition) is 3. The first-order valence-electron chi connectivity index (χ1n) is 5.21. The zero-order valence-electron chi connectivity index (χ0n) is 9.71. The van der Waals surface area contributed by atoms with E-state index in [1.807, 2.05) is 37.3 Å². The minimum Gasteiger partial charge on any atom is -0.261 e. The second-order valence-corrected chi connectivity index (χ2v) is 5.89. The second-order valence-electron chi connectivity index (χ2n) is 3.91. The lowest BCUT2D eigenvalue weighted by Gasteiger charge is -2.10. The van der Waals surface area contributed by atoms with Gasteiger partial charge in [-0.05, 0) is 18.6 Å². The molecule has 1 heterocycles. The van der Waals surface area contributed by atoms with Crippen LogP contribution in [-0.2, 0) is 9.84 Å². The molecule has 4 heteroatoms. The molecule has 0 fully saturated rings. The molecule has 0 amide bonds. The molecule has 0 unspecified atom stereocenters. The van der Waals surface area contributed by atoms with Crippen molar-refractivity contribution in [3.05, 3.63) is 48.3 Å². The second kappa shape index (κ2) is 4.30. The zero-order valence-corrected chi connectivity index (χ0v) is 10.5. The number of sulfone groups is 1. The maximum absolute atomic E-state index is 11.8. The largest absolute Gasteiger partial charge is 0.261 e. The van der Waals surface area contributed by atoms with Gasteiger partial charge in [0.1, 0.15) is 0 Å². The van der Waals surface area contributed by atoms with Crippen molar-refractivity contribution in [3.63, 3.8) is 0 Å². The third-order valence-electron chi connectivity index (χ3n) is 2.56. The molecule has 0 radical (unpaired) electrons. The van der Waals surface area contributed by atoms with Crippen LogP contribution >= 0.6 is 0 Å². The first-order valence-corrected chi connectivity index (χ1v) is 7.10. The Balaban J connectivity index is 2.78. The molecule has 2 aromatic rings. The summed E-state index contributed by atoms with van der Waals surface area (Å²) in [6, 6.07) is 11.0. The fourth-order valence-corrected chi connectivity index (χ4v) is 2.75. The molecule has 0 saturated heterocycles. The zero-order chi connectivity index (χ0) is 12.5. The normalized spacial score (nSPS) is 11.4. The number of pyridine rings is 1. The summed E-state index contributed by atoms with van der Waals surface area (Å²) >= 11 is 0. The quantitative estimate of drug-likeness (QED) is 0.819. The highest BCUT2D eigenvalue weighted by atomic mass is 32.2. The van der Waals surface area contributed by atoms with Crippen LogP contribution < -0.4 is 0 Å². The van der Waals surface area contributed by atoms with Crippen molar-refractivity contribution < 1.29 is 8.42 Å². The van der Waals surface area contributed by atoms with Crippen LogP contribution in [0, 0.1) is 6.92 Å². The van der Waals surface area contributed by atoms with E-state index in [1.165, 1.54) is 12.5 Å². The standard InChI is InChI=1S/C13H13NO2S/c1-10-13(11-6-4-3-5-7-11)12(8-9-14-10)17(2,15)16/h3-9H,1-2H3. The van der Waals surface area contributed by atoms with E-state index in [4.69, 9.17) is 0 Å². The highest BCUT2D eigenvalue weighted by molar-refractivity contribution is 7.90. The predicted octanol–water partition coefficient (Wildman–Crippen LogP) is 2.46. The van der Waals surface area contributed by atoms with Crippen LogP contribution in [0.1, 0.15) is 5.69 Å². The minimum absolute atomic E-state index is 0.330. The van der Waals surface area contributed by atoms with Crippen molar-refractivity contribution in [3.8, 4) is 11.1 Å². The molecule has 0 aliphatic carbocycles. The monoisotopic (exact) mass is 247 g/mol. The van der Waals surface area contributed by atoms with Crippen molar-refractivity contribution in [2.45, 2.75) is 11.8 Å². The van der Waals surface area contributed by atoms with Crippen LogP contribution in [0.4, 0.5) is 0 Å². The molecule has 1 aromatic carbocycles. The van der Waals surface area contributed by atoms with Crippen LogP contribution in [-0.4, -0.2) is 19.7 Å². The van der Waals surface area contributed by atoms with Gasteiger partial charge in [-0.15, -0.1) is 0 Å². The Morgan fingerprint density at radius 3 is 2.29 bits per heavy atom. The van der Waals surface area contributed by atoms with E-state index in [2.05, 4.69) is 4.98 Å². The summed E-state index contributed by atoms with van der Waals surface area (Å²) < 4.78 is 23.5. The van der Waals surface area contributed by atoms with Crippen LogP contribution in [0.2, 0.25) is 0 Å². The number of benzene rings is 1. The molecule has 0 atom stereocenters. The molecule has 0 bridgehead atoms. The molecule has 1 aromatic heterocycles. The molecule has 88 valence electrons. The van der Waals surface area contributed by atoms with Gasteiger partial charge in [-0.25, -0.2) is 8.42 Å². The van der Waals surface area contributed by atoms with Crippen LogP contribution in [0.15, 0.2) is 47.5 Å². The lowest BCUT2D eigenvalue weighted by Crippen LogP contribution is -2.02. The van der Waals surface area contributed by atoms with Gasteiger partial charge in [0.05, 0.1) is 4.90 Å². The summed E-state index contributed by atoms with van der Waals surface area (Å²) in [6.45, 7) is 1.82. The molecular weight excluding hydrogens is 234 g/mol. The van der Waals surface area contributed by atoms with E-state index in [9.17, 15) is 8.42 Å². The molecule has 0 spiro atoms. The fraction of sp³-hybridized carbons (Fsp3) is 0.154. The van der Waals surface area contributed by atoms with Gasteiger partial charge >= 0.3 is 0 Å². The highest BCUT2D eigenvalue weighted by Gasteiger charge is 2.16.